The minimum Gasteiger partial charge on any atom is -0.379 e. The maximum absolute atomic E-state index is 16.8. The summed E-state index contributed by atoms with van der Waals surface area (Å²) in [7, 11) is -28.1. The number of nitrogens with one attached hydrogen (secondary N) is 1. The molecule has 36 heteroatoms. The van der Waals surface area contributed by atoms with E-state index in [9.17, 15) is 82.6 Å². The molecule has 0 fully saturated rings. The third-order valence-electron chi connectivity index (χ3n) is 16.6. The summed E-state index contributed by atoms with van der Waals surface area (Å²) in [5, 5.41) is 6.14. The van der Waals surface area contributed by atoms with Crippen LogP contribution in [0.4, 0.5) is 21.5 Å². The number of ether oxygens (including phenoxy) is 3. The molecule has 7 rings (SSSR count). The van der Waals surface area contributed by atoms with Gasteiger partial charge in [0.2, 0.25) is 11.6 Å². The Hall–Kier alpha value is -6.58. The smallest absolute Gasteiger partial charge is 0.295 e. The second kappa shape index (κ2) is 32.2. The van der Waals surface area contributed by atoms with Crippen LogP contribution in [0.1, 0.15) is 82.9 Å². The second-order valence-electron chi connectivity index (χ2n) is 24.3. The van der Waals surface area contributed by atoms with Crippen molar-refractivity contribution < 1.29 is 106 Å². The van der Waals surface area contributed by atoms with Gasteiger partial charge in [0.05, 0.1) is 73.0 Å². The number of hydrogen-bond donors (Lipinski definition) is 7. The minimum atomic E-state index is -5.17. The number of hydrogen-bond acceptors (Lipinski definition) is 19. The zero-order valence-electron chi connectivity index (χ0n) is 53.5. The molecule has 1 unspecified atom stereocenters. The van der Waals surface area contributed by atoms with Crippen LogP contribution in [0.25, 0.3) is 26.8 Å². The van der Waals surface area contributed by atoms with E-state index in [4.69, 9.17) is 19.7 Å². The first-order chi connectivity index (χ1) is 45.2. The van der Waals surface area contributed by atoms with E-state index in [-0.39, 0.29) is 139 Å². The summed E-state index contributed by atoms with van der Waals surface area (Å²) >= 11 is 0. The van der Waals surface area contributed by atoms with Crippen molar-refractivity contribution in [2.24, 2.45) is 11.0 Å². The fraction of sp³-hybridized carbons (Fsp3) is 0.475. The van der Waals surface area contributed by atoms with E-state index >= 15 is 4.39 Å². The number of fused-ring (bicyclic) bond motifs is 4. The van der Waals surface area contributed by atoms with E-state index in [1.165, 1.54) is 30.3 Å². The molecule has 97 heavy (non-hydrogen) atoms. The van der Waals surface area contributed by atoms with E-state index in [0.29, 0.717) is 56.8 Å². The highest BCUT2D eigenvalue weighted by Gasteiger charge is 2.47. The third kappa shape index (κ3) is 21.2. The molecule has 7 N–H and O–H groups in total. The Kier molecular flexibility index (Phi) is 25.8. The van der Waals surface area contributed by atoms with Gasteiger partial charge in [0.25, 0.3) is 60.7 Å². The molecule has 532 valence electrons. The molecule has 4 aromatic carbocycles. The maximum Gasteiger partial charge on any atom is 0.295 e. The van der Waals surface area contributed by atoms with E-state index < -0.39 is 122 Å². The zero-order chi connectivity index (χ0) is 71.5. The molecule has 0 saturated heterocycles. The van der Waals surface area contributed by atoms with E-state index in [0.717, 1.165) is 6.07 Å². The Morgan fingerprint density at radius 2 is 1.30 bits per heavy atom. The predicted molar refractivity (Wildman–Crippen MR) is 360 cm³/mol. The van der Waals surface area contributed by atoms with Gasteiger partial charge < -0.3 is 29.3 Å². The van der Waals surface area contributed by atoms with Gasteiger partial charge in [0.1, 0.15) is 17.3 Å². The Morgan fingerprint density at radius 3 is 1.90 bits per heavy atom. The molecule has 0 spiro atoms. The summed E-state index contributed by atoms with van der Waals surface area (Å²) in [6, 6.07) is 15.5. The molecule has 2 heterocycles. The third-order valence-corrected chi connectivity index (χ3v) is 21.5. The van der Waals surface area contributed by atoms with E-state index in [1.807, 2.05) is 18.7 Å². The molecule has 1 aliphatic carbocycles. The van der Waals surface area contributed by atoms with Crippen LogP contribution in [0.5, 0.6) is 0 Å². The van der Waals surface area contributed by atoms with Gasteiger partial charge in [-0.05, 0) is 128 Å². The van der Waals surface area contributed by atoms with E-state index in [1.54, 1.807) is 71.9 Å². The molecule has 1 atom stereocenters. The second-order valence-corrected chi connectivity index (χ2v) is 33.4. The molecule has 0 bridgehead atoms. The lowest BCUT2D eigenvalue weighted by atomic mass is 9.75. The van der Waals surface area contributed by atoms with Crippen LogP contribution in [0.15, 0.2) is 123 Å². The highest BCUT2D eigenvalue weighted by molar-refractivity contribution is 7.87. The molecular weight excluding hydrogens is 1390 g/mol. The lowest BCUT2D eigenvalue weighted by Crippen LogP contribution is -2.35. The van der Waals surface area contributed by atoms with Crippen molar-refractivity contribution in [2.45, 2.75) is 86.8 Å². The number of amides is 1. The maximum atomic E-state index is 16.8. The summed E-state index contributed by atoms with van der Waals surface area (Å²) < 4.78 is 242. The average molecular weight is 1470 g/mol. The van der Waals surface area contributed by atoms with Gasteiger partial charge in [-0.25, -0.2) is 4.39 Å². The fourth-order valence-electron chi connectivity index (χ4n) is 12.4. The molecule has 3 aliphatic rings. The van der Waals surface area contributed by atoms with Gasteiger partial charge in [-0.15, -0.1) is 0 Å². The summed E-state index contributed by atoms with van der Waals surface area (Å²) in [5.41, 5.74) is 10.4. The largest absolute Gasteiger partial charge is 0.379 e. The lowest BCUT2D eigenvalue weighted by Gasteiger charge is -2.30. The van der Waals surface area contributed by atoms with Crippen molar-refractivity contribution in [1.82, 2.24) is 5.32 Å². The summed E-state index contributed by atoms with van der Waals surface area (Å²) in [6.07, 6.45) is 6.15. The van der Waals surface area contributed by atoms with Crippen LogP contribution >= 0.6 is 0 Å². The van der Waals surface area contributed by atoms with Crippen LogP contribution in [-0.4, -0.2) is 196 Å². The molecule has 0 aromatic heterocycles. The fourth-order valence-corrected chi connectivity index (χ4v) is 15.7. The molecule has 4 aromatic rings. The number of azide groups is 1. The number of halogens is 1. The Bertz CT molecular complexity index is 4530. The van der Waals surface area contributed by atoms with Crippen molar-refractivity contribution in [3.8, 4) is 0 Å². The Morgan fingerprint density at radius 1 is 0.701 bits per heavy atom. The van der Waals surface area contributed by atoms with Crippen LogP contribution in [0.3, 0.4) is 0 Å². The molecule has 0 radical (unpaired) electrons. The highest BCUT2D eigenvalue weighted by atomic mass is 32.2. The van der Waals surface area contributed by atoms with Crippen LogP contribution in [0, 0.1) is 11.7 Å². The summed E-state index contributed by atoms with van der Waals surface area (Å²) in [5.74, 6) is -4.66. The van der Waals surface area contributed by atoms with Gasteiger partial charge in [-0.2, -0.15) is 55.1 Å². The number of carbonyl (C=O) groups is 1. The van der Waals surface area contributed by atoms with E-state index in [2.05, 4.69) is 15.3 Å². The van der Waals surface area contributed by atoms with Crippen molar-refractivity contribution >= 4 is 106 Å². The van der Waals surface area contributed by atoms with Crippen molar-refractivity contribution in [1.29, 1.82) is 0 Å². The summed E-state index contributed by atoms with van der Waals surface area (Å²) in [4.78, 5) is 19.1. The van der Waals surface area contributed by atoms with Crippen LogP contribution in [0.2, 0.25) is 0 Å². The molecular formula is C61H79FN7O22S6+. The van der Waals surface area contributed by atoms with Crippen molar-refractivity contribution in [2.75, 3.05) is 112 Å². The number of rotatable bonds is 36. The molecule has 2 aliphatic heterocycles. The van der Waals surface area contributed by atoms with Gasteiger partial charge in [0.15, 0.2) is 5.71 Å². The topological polar surface area (TPSA) is 441 Å². The van der Waals surface area contributed by atoms with Crippen LogP contribution in [-0.2, 0) is 90.5 Å². The predicted octanol–water partition coefficient (Wildman–Crippen LogP) is 7.27. The Balaban J connectivity index is 1.40. The zero-order valence-corrected chi connectivity index (χ0v) is 58.4. The van der Waals surface area contributed by atoms with Crippen molar-refractivity contribution in [3.05, 3.63) is 141 Å². The number of allylic oxidation sites excluding steroid dienone is 8. The number of nitrogens with zero attached hydrogens (tertiary/aromatic N) is 6. The first kappa shape index (κ1) is 77.8. The lowest BCUT2D eigenvalue weighted by molar-refractivity contribution is -0.437. The van der Waals surface area contributed by atoms with Crippen molar-refractivity contribution in [3.63, 3.8) is 0 Å². The van der Waals surface area contributed by atoms with Gasteiger partial charge in [-0.1, -0.05) is 49.3 Å². The summed E-state index contributed by atoms with van der Waals surface area (Å²) in [6.45, 7) is 8.25. The average Bonchev–Trinajstić information content (AvgIpc) is 1.60. The minimum absolute atomic E-state index is 0.00412. The number of benzene rings is 4. The monoisotopic (exact) mass is 1470 g/mol. The quantitative estimate of drug-likeness (QED) is 0.00587. The normalized spacial score (nSPS) is 17.6. The first-order valence-electron chi connectivity index (χ1n) is 30.5. The van der Waals surface area contributed by atoms with Crippen LogP contribution < -0.4 is 15.1 Å². The molecule has 1 amide bonds. The number of carbonyl (C=O) groups excluding carboxylic acids is 1. The van der Waals surface area contributed by atoms with Gasteiger partial charge in [-0.3, -0.25) is 32.1 Å². The number of anilines is 2. The highest BCUT2D eigenvalue weighted by Crippen LogP contribution is 2.51. The Labute approximate surface area is 563 Å². The molecule has 0 saturated carbocycles. The first-order valence-corrected chi connectivity index (χ1v) is 39.8. The molecule has 29 nitrogen and oxygen atoms in total. The van der Waals surface area contributed by atoms with Gasteiger partial charge in [0, 0.05) is 101 Å². The van der Waals surface area contributed by atoms with Gasteiger partial charge >= 0.3 is 0 Å². The standard InChI is InChI=1S/C61H78FN7O22S6/c1-60(2)50-39-45(67(23-7-33-92(71,72)73)24-8-34-93(74,75)76)15-17-52(50)68(25-9-35-94(77,78)79)55(60)19-13-42-37-44(59(70)64-21-27-89-29-31-91-32-30-90-28-22-65-66-63)38-43(57(42)48-11-5-6-12-51(48)62)14-20-56-61(3,4)58-49-40-46(96(83,84)85)41-54(97(86,87)88)47(49)16-18-53(58)69(56)26-10-36-95(80,81)82/h5-6,11-20,39-41,44H,7-10,21-38H2,1-4H3,(H6-,64,70,71,72,73,74,75,76,77,78,79,80,81,82,83,84,85,86,87,88)/p+1. The SMILES string of the molecule is CC1(C)C(/C=C/C2=C(c3ccccc3F)C(=C/C=C3/N(CCCS(=O)(=O)O)c4ccc(N(CCCS(=O)(=O)O)CCCS(=O)(=O)O)cc4C3(C)C)/CC(C(=O)NCCOCCOCCOCCN=[N+]=[N-])C2)=[N+](CCCS(=O)(=O)O)c2ccc3c(S(=O)(=O)O)cc(S(=O)(=O)O)cc3c21.